The number of carbonyl (C=O) groups is 1. The average Bonchev–Trinajstić information content (AvgIpc) is 2.82. The number of carbonyl (C=O) groups excluding carboxylic acids is 1. The van der Waals surface area contributed by atoms with E-state index in [1.165, 1.54) is 30.6 Å². The van der Waals surface area contributed by atoms with Gasteiger partial charge >= 0.3 is 0 Å². The number of hydrogen-bond acceptors (Lipinski definition) is 8. The van der Waals surface area contributed by atoms with Crippen LogP contribution in [0.1, 0.15) is 41.6 Å². The van der Waals surface area contributed by atoms with Crippen LogP contribution in [0, 0.1) is 12.7 Å². The molecular formula is C23H30FN4O5S-. The fourth-order valence-corrected chi connectivity index (χ4v) is 3.84. The van der Waals surface area contributed by atoms with E-state index in [9.17, 15) is 9.18 Å². The lowest BCUT2D eigenvalue weighted by molar-refractivity contribution is 0.0584. The maximum absolute atomic E-state index is 13.1. The van der Waals surface area contributed by atoms with Crippen LogP contribution in [-0.2, 0) is 11.1 Å². The normalized spacial score (nSPS) is 17.9. The van der Waals surface area contributed by atoms with Crippen molar-refractivity contribution in [1.82, 2.24) is 20.2 Å². The van der Waals surface area contributed by atoms with Crippen LogP contribution in [0.25, 0.3) is 0 Å². The molecule has 0 aliphatic carbocycles. The number of ether oxygens (including phenoxy) is 2. The molecule has 2 saturated heterocycles. The van der Waals surface area contributed by atoms with Crippen molar-refractivity contribution >= 4 is 17.0 Å². The molecule has 1 amide bonds. The first-order valence-electron chi connectivity index (χ1n) is 11.2. The van der Waals surface area contributed by atoms with E-state index in [1.807, 2.05) is 6.92 Å². The lowest BCUT2D eigenvalue weighted by Gasteiger charge is -2.32. The number of piperidine rings is 2. The minimum Gasteiger partial charge on any atom is -0.773 e. The summed E-state index contributed by atoms with van der Waals surface area (Å²) in [5, 5.41) is 3.32. The fourth-order valence-electron chi connectivity index (χ4n) is 3.84. The van der Waals surface area contributed by atoms with Crippen molar-refractivity contribution in [3.05, 3.63) is 47.5 Å². The van der Waals surface area contributed by atoms with Crippen molar-refractivity contribution in [2.24, 2.45) is 0 Å². The Bertz CT molecular complexity index is 960. The predicted octanol–water partition coefficient (Wildman–Crippen LogP) is 2.23. The third kappa shape index (κ3) is 7.71. The Kier molecular flexibility index (Phi) is 9.73. The van der Waals surface area contributed by atoms with Gasteiger partial charge in [0.15, 0.2) is 0 Å². The summed E-state index contributed by atoms with van der Waals surface area (Å²) in [5.74, 6) is 0.694. The number of hydrogen-bond donors (Lipinski definition) is 1. The molecule has 0 radical (unpaired) electrons. The van der Waals surface area contributed by atoms with Crippen molar-refractivity contribution in [2.75, 3.05) is 32.4 Å². The number of aromatic nitrogens is 2. The van der Waals surface area contributed by atoms with Crippen LogP contribution in [0.5, 0.6) is 11.8 Å². The highest BCUT2D eigenvalue weighted by Crippen LogP contribution is 2.27. The van der Waals surface area contributed by atoms with Gasteiger partial charge in [-0.15, -0.1) is 0 Å². The van der Waals surface area contributed by atoms with E-state index in [-0.39, 0.29) is 23.9 Å². The average molecular weight is 494 g/mol. The summed E-state index contributed by atoms with van der Waals surface area (Å²) in [5.41, 5.74) is 1.31. The fraction of sp³-hybridized carbons (Fsp3) is 0.522. The first-order valence-corrected chi connectivity index (χ1v) is 12.7. The van der Waals surface area contributed by atoms with Crippen molar-refractivity contribution in [2.45, 2.75) is 44.8 Å². The molecule has 2 aliphatic heterocycles. The van der Waals surface area contributed by atoms with E-state index in [0.717, 1.165) is 37.8 Å². The molecule has 1 atom stereocenters. The van der Waals surface area contributed by atoms with Crippen molar-refractivity contribution in [3.8, 4) is 11.8 Å². The van der Waals surface area contributed by atoms with Gasteiger partial charge in [-0.2, -0.15) is 0 Å². The molecule has 0 spiro atoms. The maximum Gasteiger partial charge on any atom is 0.253 e. The summed E-state index contributed by atoms with van der Waals surface area (Å²) in [6.45, 7) is 4.99. The summed E-state index contributed by atoms with van der Waals surface area (Å²) in [6.07, 6.45) is 6.03. The van der Waals surface area contributed by atoms with Crippen molar-refractivity contribution in [1.29, 1.82) is 0 Å². The Morgan fingerprint density at radius 1 is 1.06 bits per heavy atom. The van der Waals surface area contributed by atoms with E-state index in [1.54, 1.807) is 4.90 Å². The highest BCUT2D eigenvalue weighted by atomic mass is 32.2. The van der Waals surface area contributed by atoms with E-state index in [2.05, 4.69) is 15.3 Å². The number of amides is 1. The topological polar surface area (TPSA) is 117 Å². The van der Waals surface area contributed by atoms with Crippen LogP contribution < -0.4 is 14.8 Å². The molecule has 1 aromatic carbocycles. The smallest absolute Gasteiger partial charge is 0.253 e. The Morgan fingerprint density at radius 3 is 2.09 bits per heavy atom. The highest BCUT2D eigenvalue weighted by Gasteiger charge is 2.26. The quantitative estimate of drug-likeness (QED) is 0.631. The molecule has 0 bridgehead atoms. The summed E-state index contributed by atoms with van der Waals surface area (Å²) in [7, 11) is 0. The zero-order chi connectivity index (χ0) is 24.5. The van der Waals surface area contributed by atoms with Gasteiger partial charge in [-0.3, -0.25) is 9.00 Å². The minimum absolute atomic E-state index is 0.0254. The molecular weight excluding hydrogens is 463 g/mol. The number of benzene rings is 1. The lowest BCUT2D eigenvalue weighted by Crippen LogP contribution is -2.42. The van der Waals surface area contributed by atoms with Crippen LogP contribution in [-0.4, -0.2) is 74.2 Å². The molecule has 2 fully saturated rings. The molecule has 11 heteroatoms. The van der Waals surface area contributed by atoms with Crippen LogP contribution in [0.2, 0.25) is 0 Å². The summed E-state index contributed by atoms with van der Waals surface area (Å²) in [4.78, 5) is 23.0. The SMILES string of the molecule is CS(=O)[O-].Cc1c(OC2CCNCC2)ncnc1OC1CCN(C(=O)c2ccc(F)cc2)CC1. The molecule has 186 valence electrons. The second-order valence-electron chi connectivity index (χ2n) is 8.19. The number of nitrogens with zero attached hydrogens (tertiary/aromatic N) is 3. The third-order valence-electron chi connectivity index (χ3n) is 5.65. The van der Waals surface area contributed by atoms with Gasteiger partial charge in [-0.05, 0) is 63.4 Å². The Labute approximate surface area is 201 Å². The number of likely N-dealkylation sites (tertiary alicyclic amines) is 1. The molecule has 4 rings (SSSR count). The zero-order valence-electron chi connectivity index (χ0n) is 19.4. The van der Waals surface area contributed by atoms with Crippen LogP contribution in [0.4, 0.5) is 4.39 Å². The van der Waals surface area contributed by atoms with Gasteiger partial charge in [0.2, 0.25) is 11.8 Å². The Hall–Kier alpha value is -2.63. The van der Waals surface area contributed by atoms with Gasteiger partial charge in [0.05, 0.1) is 5.56 Å². The predicted molar refractivity (Wildman–Crippen MR) is 124 cm³/mol. The van der Waals surface area contributed by atoms with Gasteiger partial charge in [0.25, 0.3) is 5.91 Å². The molecule has 0 saturated carbocycles. The molecule has 2 aromatic rings. The van der Waals surface area contributed by atoms with Crippen molar-refractivity contribution < 1.29 is 27.4 Å². The van der Waals surface area contributed by atoms with Crippen LogP contribution in [0.3, 0.4) is 0 Å². The molecule has 2 aliphatic rings. The molecule has 9 nitrogen and oxygen atoms in total. The molecule has 1 unspecified atom stereocenters. The number of nitrogens with one attached hydrogen (secondary N) is 1. The van der Waals surface area contributed by atoms with Gasteiger partial charge in [0.1, 0.15) is 24.4 Å². The lowest BCUT2D eigenvalue weighted by atomic mass is 10.1. The molecule has 3 heterocycles. The van der Waals surface area contributed by atoms with E-state index < -0.39 is 11.1 Å². The molecule has 1 N–H and O–H groups in total. The van der Waals surface area contributed by atoms with Gasteiger partial charge in [0, 0.05) is 31.5 Å². The zero-order valence-corrected chi connectivity index (χ0v) is 20.2. The number of rotatable bonds is 5. The second-order valence-corrected chi connectivity index (χ2v) is 9.00. The van der Waals surface area contributed by atoms with E-state index in [0.29, 0.717) is 43.3 Å². The Morgan fingerprint density at radius 2 is 1.56 bits per heavy atom. The number of halogens is 1. The molecule has 1 aromatic heterocycles. The van der Waals surface area contributed by atoms with Gasteiger partial charge in [-0.1, -0.05) is 11.1 Å². The van der Waals surface area contributed by atoms with Gasteiger partial charge < -0.3 is 24.2 Å². The third-order valence-corrected chi connectivity index (χ3v) is 5.65. The first-order chi connectivity index (χ1) is 16.3. The van der Waals surface area contributed by atoms with Gasteiger partial charge in [-0.25, -0.2) is 14.4 Å². The maximum atomic E-state index is 13.1. The summed E-state index contributed by atoms with van der Waals surface area (Å²) < 4.78 is 43.3. The Balaban J connectivity index is 0.000000751. The summed E-state index contributed by atoms with van der Waals surface area (Å²) in [6, 6.07) is 5.66. The molecule has 34 heavy (non-hydrogen) atoms. The summed E-state index contributed by atoms with van der Waals surface area (Å²) >= 11 is -1.86. The first kappa shape index (κ1) is 26.0. The second kappa shape index (κ2) is 12.7. The van der Waals surface area contributed by atoms with Crippen molar-refractivity contribution in [3.63, 3.8) is 0 Å². The van der Waals surface area contributed by atoms with E-state index in [4.69, 9.17) is 18.2 Å². The monoisotopic (exact) mass is 493 g/mol. The standard InChI is InChI=1S/C22H27FN4O3.CH4O2S/c1-15-20(29-18-6-10-24-11-7-18)25-14-26-21(15)30-19-8-12-27(13-9-19)22(28)16-2-4-17(23)5-3-16;1-4(2)3/h2-5,14,18-19,24H,6-13H2,1H3;1H3,(H,2,3)/p-1. The van der Waals surface area contributed by atoms with Crippen LogP contribution >= 0.6 is 0 Å². The van der Waals surface area contributed by atoms with E-state index >= 15 is 0 Å². The largest absolute Gasteiger partial charge is 0.773 e. The minimum atomic E-state index is -1.86. The highest BCUT2D eigenvalue weighted by molar-refractivity contribution is 7.78. The van der Waals surface area contributed by atoms with Crippen LogP contribution in [0.15, 0.2) is 30.6 Å².